The number of anilines is 1. The predicted octanol–water partition coefficient (Wildman–Crippen LogP) is 0.201. The van der Waals surface area contributed by atoms with Crippen molar-refractivity contribution in [1.82, 2.24) is 0 Å². The van der Waals surface area contributed by atoms with Crippen LogP contribution in [0.4, 0.5) is 5.69 Å². The quantitative estimate of drug-likeness (QED) is 0.604. The Kier molecular flexibility index (Phi) is 1.90. The molecule has 1 aliphatic rings. The molecule has 0 aromatic heterocycles. The van der Waals surface area contributed by atoms with Gasteiger partial charge < -0.3 is 19.6 Å². The molecule has 4 nitrogen and oxygen atoms in total. The molecule has 2 N–H and O–H groups in total. The van der Waals surface area contributed by atoms with E-state index in [-0.39, 0.29) is 6.23 Å². The first-order chi connectivity index (χ1) is 6.20. The molecule has 1 aliphatic heterocycles. The Morgan fingerprint density at radius 1 is 1.38 bits per heavy atom. The maximum atomic E-state index is 9.07. The lowest BCUT2D eigenvalue weighted by Gasteiger charge is -2.20. The molecule has 1 heterocycles. The van der Waals surface area contributed by atoms with Gasteiger partial charge in [-0.15, -0.1) is 0 Å². The van der Waals surface area contributed by atoms with E-state index in [9.17, 15) is 0 Å². The van der Waals surface area contributed by atoms with Crippen molar-refractivity contribution >= 4 is 12.9 Å². The lowest BCUT2D eigenvalue weighted by molar-refractivity contribution is 0.246. The van der Waals surface area contributed by atoms with Crippen LogP contribution in [0.3, 0.4) is 0 Å². The topological polar surface area (TPSA) is 52.9 Å². The summed E-state index contributed by atoms with van der Waals surface area (Å²) in [7, 11) is -1.52. The van der Waals surface area contributed by atoms with Gasteiger partial charge in [-0.1, -0.05) is 12.1 Å². The van der Waals surface area contributed by atoms with E-state index < -0.39 is 7.25 Å². The average molecular weight is 179 g/mol. The molecule has 0 fully saturated rings. The van der Waals surface area contributed by atoms with Gasteiger partial charge in [-0.2, -0.15) is 0 Å². The van der Waals surface area contributed by atoms with Crippen LogP contribution in [-0.2, 0) is 0 Å². The molecule has 0 radical (unpaired) electrons. The van der Waals surface area contributed by atoms with E-state index in [0.29, 0.717) is 11.4 Å². The summed E-state index contributed by atoms with van der Waals surface area (Å²) in [5, 5.41) is 18.1. The number of para-hydroxylation sites is 2. The van der Waals surface area contributed by atoms with Gasteiger partial charge >= 0.3 is 7.25 Å². The van der Waals surface area contributed by atoms with E-state index in [2.05, 4.69) is 0 Å². The summed E-state index contributed by atoms with van der Waals surface area (Å²) in [6.45, 7) is 1.76. The van der Waals surface area contributed by atoms with E-state index in [1.807, 2.05) is 12.1 Å². The van der Waals surface area contributed by atoms with Crippen LogP contribution >= 0.6 is 0 Å². The summed E-state index contributed by atoms with van der Waals surface area (Å²) in [4.78, 5) is 1.40. The minimum Gasteiger partial charge on any atom is -0.470 e. The Balaban J connectivity index is 2.40. The zero-order chi connectivity index (χ0) is 9.42. The summed E-state index contributed by atoms with van der Waals surface area (Å²) in [6.07, 6.45) is -0.336. The molecule has 5 heteroatoms. The van der Waals surface area contributed by atoms with E-state index >= 15 is 0 Å². The zero-order valence-corrected chi connectivity index (χ0v) is 7.21. The van der Waals surface area contributed by atoms with E-state index in [0.717, 1.165) is 0 Å². The van der Waals surface area contributed by atoms with Crippen molar-refractivity contribution in [3.8, 4) is 5.75 Å². The zero-order valence-electron chi connectivity index (χ0n) is 7.21. The Bertz CT molecular complexity index is 318. The van der Waals surface area contributed by atoms with Crippen LogP contribution < -0.4 is 9.55 Å². The van der Waals surface area contributed by atoms with Gasteiger partial charge in [-0.05, 0) is 19.1 Å². The number of rotatable bonds is 1. The molecule has 13 heavy (non-hydrogen) atoms. The molecule has 1 aromatic carbocycles. The number of fused-ring (bicyclic) bond motifs is 1. The summed E-state index contributed by atoms with van der Waals surface area (Å²) < 4.78 is 5.39. The second kappa shape index (κ2) is 2.94. The third kappa shape index (κ3) is 1.26. The molecule has 1 atom stereocenters. The minimum absolute atomic E-state index is 0.336. The minimum atomic E-state index is -1.52. The first-order valence-electron chi connectivity index (χ1n) is 4.10. The number of hydrogen-bond donors (Lipinski definition) is 2. The van der Waals surface area contributed by atoms with E-state index in [1.165, 1.54) is 4.81 Å². The van der Waals surface area contributed by atoms with E-state index in [1.54, 1.807) is 19.1 Å². The van der Waals surface area contributed by atoms with Crippen LogP contribution in [0.25, 0.3) is 0 Å². The highest BCUT2D eigenvalue weighted by atomic mass is 16.5. The van der Waals surface area contributed by atoms with Gasteiger partial charge in [0.1, 0.15) is 5.75 Å². The van der Waals surface area contributed by atoms with Crippen molar-refractivity contribution in [3.05, 3.63) is 24.3 Å². The highest BCUT2D eigenvalue weighted by Crippen LogP contribution is 2.36. The summed E-state index contributed by atoms with van der Waals surface area (Å²) in [5.74, 6) is 0.683. The van der Waals surface area contributed by atoms with Crippen molar-refractivity contribution in [3.63, 3.8) is 0 Å². The van der Waals surface area contributed by atoms with Crippen LogP contribution in [-0.4, -0.2) is 23.5 Å². The molecule has 0 saturated carbocycles. The molecule has 0 saturated heterocycles. The van der Waals surface area contributed by atoms with Crippen LogP contribution in [0.2, 0.25) is 0 Å². The van der Waals surface area contributed by atoms with Crippen molar-refractivity contribution in [2.75, 3.05) is 4.81 Å². The van der Waals surface area contributed by atoms with Gasteiger partial charge in [-0.3, -0.25) is 0 Å². The Morgan fingerprint density at radius 3 is 2.77 bits per heavy atom. The van der Waals surface area contributed by atoms with Crippen molar-refractivity contribution in [2.24, 2.45) is 0 Å². The van der Waals surface area contributed by atoms with Crippen LogP contribution in [0, 0.1) is 0 Å². The van der Waals surface area contributed by atoms with Gasteiger partial charge in [-0.25, -0.2) is 0 Å². The van der Waals surface area contributed by atoms with Crippen molar-refractivity contribution in [1.29, 1.82) is 0 Å². The standard InChI is InChI=1S/C8H10BNO3/c1-6-10(9(11)12)7-4-2-3-5-8(7)13-6/h2-6,11-12H,1H3. The van der Waals surface area contributed by atoms with Crippen LogP contribution in [0.15, 0.2) is 24.3 Å². The monoisotopic (exact) mass is 179 g/mol. The van der Waals surface area contributed by atoms with Gasteiger partial charge in [0.05, 0.1) is 5.69 Å². The Morgan fingerprint density at radius 2 is 2.08 bits per heavy atom. The Hall–Kier alpha value is -1.20. The normalized spacial score (nSPS) is 19.6. The fraction of sp³-hybridized carbons (Fsp3) is 0.250. The molecule has 1 aromatic rings. The third-order valence-corrected chi connectivity index (χ3v) is 2.08. The molecular weight excluding hydrogens is 169 g/mol. The highest BCUT2D eigenvalue weighted by Gasteiger charge is 2.34. The lowest BCUT2D eigenvalue weighted by Crippen LogP contribution is -2.44. The van der Waals surface area contributed by atoms with Crippen LogP contribution in [0.5, 0.6) is 5.75 Å². The molecule has 68 valence electrons. The molecule has 1 unspecified atom stereocenters. The lowest BCUT2D eigenvalue weighted by atomic mass is 10.0. The number of ether oxygens (including phenoxy) is 1. The van der Waals surface area contributed by atoms with Gasteiger partial charge in [0.2, 0.25) is 0 Å². The van der Waals surface area contributed by atoms with Gasteiger partial charge in [0.25, 0.3) is 0 Å². The molecule has 0 bridgehead atoms. The molecule has 2 rings (SSSR count). The molecule has 0 amide bonds. The fourth-order valence-electron chi connectivity index (χ4n) is 1.52. The number of nitrogens with zero attached hydrogens (tertiary/aromatic N) is 1. The smallest absolute Gasteiger partial charge is 0.470 e. The van der Waals surface area contributed by atoms with Crippen molar-refractivity contribution < 1.29 is 14.8 Å². The average Bonchev–Trinajstić information content (AvgIpc) is 2.39. The maximum absolute atomic E-state index is 9.07. The summed E-state index contributed by atoms with van der Waals surface area (Å²) >= 11 is 0. The van der Waals surface area contributed by atoms with Crippen molar-refractivity contribution in [2.45, 2.75) is 13.2 Å². The molecule has 0 spiro atoms. The fourth-order valence-corrected chi connectivity index (χ4v) is 1.52. The molecular formula is C8H10BNO3. The van der Waals surface area contributed by atoms with Gasteiger partial charge in [0.15, 0.2) is 6.23 Å². The SMILES string of the molecule is CC1Oc2ccccc2N1B(O)O. The second-order valence-corrected chi connectivity index (χ2v) is 2.94. The largest absolute Gasteiger partial charge is 0.590 e. The second-order valence-electron chi connectivity index (χ2n) is 2.94. The summed E-state index contributed by atoms with van der Waals surface area (Å²) in [5.41, 5.74) is 0.713. The molecule has 0 aliphatic carbocycles. The predicted molar refractivity (Wildman–Crippen MR) is 49.2 cm³/mol. The Labute approximate surface area is 76.5 Å². The van der Waals surface area contributed by atoms with E-state index in [4.69, 9.17) is 14.8 Å². The number of benzene rings is 1. The first kappa shape index (κ1) is 8.41. The van der Waals surface area contributed by atoms with Crippen LogP contribution in [0.1, 0.15) is 6.92 Å². The number of hydrogen-bond acceptors (Lipinski definition) is 4. The van der Waals surface area contributed by atoms with Gasteiger partial charge in [0, 0.05) is 0 Å². The highest BCUT2D eigenvalue weighted by molar-refractivity contribution is 6.47. The third-order valence-electron chi connectivity index (χ3n) is 2.08. The summed E-state index contributed by atoms with van der Waals surface area (Å²) in [6, 6.07) is 7.26. The first-order valence-corrected chi connectivity index (χ1v) is 4.10. The maximum Gasteiger partial charge on any atom is 0.590 e.